The second-order valence-electron chi connectivity index (χ2n) is 7.76. The minimum atomic E-state index is -0.985. The van der Waals surface area contributed by atoms with Gasteiger partial charge in [-0.3, -0.25) is 9.20 Å². The number of nitrogens with zero attached hydrogens (tertiary/aromatic N) is 4. The minimum Gasteiger partial charge on any atom is -0.492 e. The fraction of sp³-hybridized carbons (Fsp3) is 0.364. The van der Waals surface area contributed by atoms with E-state index in [-0.39, 0.29) is 12.5 Å². The first kappa shape index (κ1) is 20.2. The molecule has 1 aliphatic heterocycles. The predicted octanol–water partition coefficient (Wildman–Crippen LogP) is 1.39. The zero-order valence-electron chi connectivity index (χ0n) is 17.1. The summed E-state index contributed by atoms with van der Waals surface area (Å²) in [4.78, 5) is 20.9. The molecule has 0 radical (unpaired) electrons. The van der Waals surface area contributed by atoms with Crippen molar-refractivity contribution in [1.29, 1.82) is 0 Å². The van der Waals surface area contributed by atoms with Gasteiger partial charge in [0.15, 0.2) is 0 Å². The molecule has 0 bridgehead atoms. The van der Waals surface area contributed by atoms with E-state index in [1.54, 1.807) is 42.4 Å². The molecule has 30 heavy (non-hydrogen) atoms. The zero-order valence-corrected chi connectivity index (χ0v) is 17.1. The number of hydrogen-bond donors (Lipinski definition) is 2. The van der Waals surface area contributed by atoms with Gasteiger partial charge in [-0.25, -0.2) is 4.98 Å². The van der Waals surface area contributed by atoms with Gasteiger partial charge in [-0.15, -0.1) is 0 Å². The molecule has 1 fully saturated rings. The number of hydrogen-bond acceptors (Lipinski definition) is 6. The molecule has 3 N–H and O–H groups in total. The van der Waals surface area contributed by atoms with Crippen LogP contribution in [0.15, 0.2) is 54.9 Å². The van der Waals surface area contributed by atoms with E-state index in [0.717, 1.165) is 11.5 Å². The number of amides is 1. The molecule has 0 saturated carbocycles. The Hall–Kier alpha value is -3.10. The van der Waals surface area contributed by atoms with E-state index in [4.69, 9.17) is 10.5 Å². The Morgan fingerprint density at radius 1 is 1.33 bits per heavy atom. The maximum Gasteiger partial charge on any atom is 0.253 e. The number of carbonyl (C=O) groups excluding carboxylic acids is 1. The first-order valence-electron chi connectivity index (χ1n) is 10.1. The predicted molar refractivity (Wildman–Crippen MR) is 115 cm³/mol. The van der Waals surface area contributed by atoms with Gasteiger partial charge in [0.2, 0.25) is 0 Å². The van der Waals surface area contributed by atoms with Crippen LogP contribution in [0.2, 0.25) is 0 Å². The molecule has 0 unspecified atom stereocenters. The molecule has 158 valence electrons. The Labute approximate surface area is 175 Å². The Balaban J connectivity index is 1.44. The van der Waals surface area contributed by atoms with E-state index in [1.165, 1.54) is 0 Å². The summed E-state index contributed by atoms with van der Waals surface area (Å²) in [5, 5.41) is 11.2. The smallest absolute Gasteiger partial charge is 0.253 e. The van der Waals surface area contributed by atoms with E-state index >= 15 is 0 Å². The first-order chi connectivity index (χ1) is 14.5. The van der Waals surface area contributed by atoms with Crippen LogP contribution in [0.4, 0.5) is 5.82 Å². The lowest BCUT2D eigenvalue weighted by Gasteiger charge is -2.29. The van der Waals surface area contributed by atoms with Crippen LogP contribution >= 0.6 is 0 Å². The second kappa shape index (κ2) is 8.33. The van der Waals surface area contributed by atoms with Gasteiger partial charge in [0.25, 0.3) is 5.91 Å². The molecule has 1 saturated heterocycles. The van der Waals surface area contributed by atoms with Crippen LogP contribution in [-0.4, -0.2) is 70.7 Å². The molecular formula is C22H27N5O3. The average molecular weight is 409 g/mol. The molecule has 3 aromatic rings. The Morgan fingerprint density at radius 3 is 3.00 bits per heavy atom. The van der Waals surface area contributed by atoms with E-state index in [1.807, 2.05) is 28.8 Å². The summed E-state index contributed by atoms with van der Waals surface area (Å²) in [6.07, 6.45) is 4.26. The van der Waals surface area contributed by atoms with Gasteiger partial charge in [-0.1, -0.05) is 12.1 Å². The number of imidazole rings is 1. The summed E-state index contributed by atoms with van der Waals surface area (Å²) in [5.74, 6) is 1.44. The summed E-state index contributed by atoms with van der Waals surface area (Å²) in [7, 11) is 1.72. The van der Waals surface area contributed by atoms with Crippen molar-refractivity contribution in [1.82, 2.24) is 14.3 Å². The zero-order chi connectivity index (χ0) is 21.1. The normalized spacial score (nSPS) is 18.7. The van der Waals surface area contributed by atoms with Crippen molar-refractivity contribution in [3.63, 3.8) is 0 Å². The highest BCUT2D eigenvalue weighted by Gasteiger charge is 2.38. The van der Waals surface area contributed by atoms with Crippen molar-refractivity contribution in [2.24, 2.45) is 5.73 Å². The van der Waals surface area contributed by atoms with Gasteiger partial charge >= 0.3 is 0 Å². The van der Waals surface area contributed by atoms with E-state index in [9.17, 15) is 9.90 Å². The highest BCUT2D eigenvalue weighted by Crippen LogP contribution is 2.28. The number of carbonyl (C=O) groups is 1. The van der Waals surface area contributed by atoms with E-state index in [0.29, 0.717) is 44.0 Å². The molecule has 8 nitrogen and oxygen atoms in total. The number of aliphatic hydroxyl groups is 1. The number of rotatable bonds is 7. The van der Waals surface area contributed by atoms with Crippen LogP contribution in [0.25, 0.3) is 5.65 Å². The van der Waals surface area contributed by atoms with Crippen molar-refractivity contribution in [3.8, 4) is 5.75 Å². The third-order valence-corrected chi connectivity index (χ3v) is 5.41. The second-order valence-corrected chi connectivity index (χ2v) is 7.76. The Morgan fingerprint density at radius 2 is 2.17 bits per heavy atom. The van der Waals surface area contributed by atoms with Gasteiger partial charge in [0.1, 0.15) is 29.4 Å². The van der Waals surface area contributed by atoms with Crippen LogP contribution in [-0.2, 0) is 0 Å². The molecular weight excluding hydrogens is 382 g/mol. The highest BCUT2D eigenvalue weighted by molar-refractivity contribution is 5.94. The number of likely N-dealkylation sites (N-methyl/N-ethyl adjacent to an activating group) is 1. The fourth-order valence-electron chi connectivity index (χ4n) is 4.00. The lowest BCUT2D eigenvalue weighted by atomic mass is 10.0. The lowest BCUT2D eigenvalue weighted by Crippen LogP contribution is -2.46. The molecule has 1 aromatic carbocycles. The number of ether oxygens (including phenoxy) is 1. The van der Waals surface area contributed by atoms with Gasteiger partial charge < -0.3 is 25.4 Å². The minimum absolute atomic E-state index is 0.156. The molecule has 0 aliphatic carbocycles. The monoisotopic (exact) mass is 409 g/mol. The topological polar surface area (TPSA) is 96.3 Å². The van der Waals surface area contributed by atoms with E-state index < -0.39 is 5.60 Å². The van der Waals surface area contributed by atoms with Gasteiger partial charge in [-0.05, 0) is 36.8 Å². The summed E-state index contributed by atoms with van der Waals surface area (Å²) in [5.41, 5.74) is 5.87. The number of nitrogens with two attached hydrogens (primary N) is 1. The van der Waals surface area contributed by atoms with Crippen LogP contribution < -0.4 is 15.4 Å². The average Bonchev–Trinajstić information content (AvgIpc) is 3.38. The van der Waals surface area contributed by atoms with Crippen LogP contribution in [0.3, 0.4) is 0 Å². The summed E-state index contributed by atoms with van der Waals surface area (Å²) >= 11 is 0. The number of β-amino-alcohol motifs (C(OH)–C–C–N with tert-alkyl or cyclic N) is 1. The number of benzene rings is 1. The molecule has 3 heterocycles. The standard InChI is InChI=1S/C22H27N5O3/c1-25(21(28)17-4-2-5-18(14-17)30-13-9-23)15-22(29)8-11-26(16-22)20-7-3-6-19-24-10-12-27(19)20/h2-7,10,12,14,29H,8-9,11,13,15-16,23H2,1H3/t22-/m1/s1. The largest absolute Gasteiger partial charge is 0.492 e. The number of aromatic nitrogens is 2. The highest BCUT2D eigenvalue weighted by atomic mass is 16.5. The molecule has 1 amide bonds. The van der Waals surface area contributed by atoms with Gasteiger partial charge in [-0.2, -0.15) is 0 Å². The van der Waals surface area contributed by atoms with Crippen molar-refractivity contribution < 1.29 is 14.6 Å². The fourth-order valence-corrected chi connectivity index (χ4v) is 4.00. The maximum absolute atomic E-state index is 12.9. The first-order valence-corrected chi connectivity index (χ1v) is 10.1. The quantitative estimate of drug-likeness (QED) is 0.612. The van der Waals surface area contributed by atoms with Crippen LogP contribution in [0, 0.1) is 0 Å². The molecule has 2 aromatic heterocycles. The van der Waals surface area contributed by atoms with Crippen LogP contribution in [0.1, 0.15) is 16.8 Å². The van der Waals surface area contributed by atoms with Crippen molar-refractivity contribution >= 4 is 17.4 Å². The summed E-state index contributed by atoms with van der Waals surface area (Å²) in [6, 6.07) is 13.0. The molecule has 4 rings (SSSR count). The summed E-state index contributed by atoms with van der Waals surface area (Å²) in [6.45, 7) is 2.21. The van der Waals surface area contributed by atoms with Gasteiger partial charge in [0.05, 0.1) is 6.54 Å². The number of fused-ring (bicyclic) bond motifs is 1. The van der Waals surface area contributed by atoms with Gasteiger partial charge in [0, 0.05) is 44.6 Å². The van der Waals surface area contributed by atoms with Crippen LogP contribution in [0.5, 0.6) is 5.75 Å². The van der Waals surface area contributed by atoms with E-state index in [2.05, 4.69) is 9.88 Å². The molecule has 0 spiro atoms. The molecule has 8 heteroatoms. The SMILES string of the molecule is CN(C[C@]1(O)CCN(c2cccc3nccn23)C1)C(=O)c1cccc(OCCN)c1. The third kappa shape index (κ3) is 4.10. The maximum atomic E-state index is 12.9. The summed E-state index contributed by atoms with van der Waals surface area (Å²) < 4.78 is 7.52. The van der Waals surface area contributed by atoms with Crippen molar-refractivity contribution in [2.45, 2.75) is 12.0 Å². The number of anilines is 1. The van der Waals surface area contributed by atoms with Crippen molar-refractivity contribution in [2.75, 3.05) is 44.7 Å². The lowest BCUT2D eigenvalue weighted by molar-refractivity contribution is 0.0264. The molecule has 1 aliphatic rings. The number of pyridine rings is 1. The molecule has 1 atom stereocenters. The Kier molecular flexibility index (Phi) is 5.61. The Bertz CT molecular complexity index is 1040. The van der Waals surface area contributed by atoms with Crippen molar-refractivity contribution in [3.05, 3.63) is 60.4 Å². The third-order valence-electron chi connectivity index (χ3n) is 5.41.